The van der Waals surface area contributed by atoms with E-state index in [0.717, 1.165) is 11.3 Å². The molecule has 3 rings (SSSR count). The van der Waals surface area contributed by atoms with Gasteiger partial charge in [0.1, 0.15) is 0 Å². The largest absolute Gasteiger partial charge is 0.369 e. The number of nitrogens with zero attached hydrogens (tertiary/aromatic N) is 2. The molecule has 6 nitrogen and oxygen atoms in total. The third kappa shape index (κ3) is 2.83. The van der Waals surface area contributed by atoms with Gasteiger partial charge >= 0.3 is 0 Å². The highest BCUT2D eigenvalue weighted by atomic mass is 16.1. The van der Waals surface area contributed by atoms with Gasteiger partial charge in [-0.1, -0.05) is 12.2 Å². The van der Waals surface area contributed by atoms with Crippen molar-refractivity contribution in [3.05, 3.63) is 65.5 Å². The summed E-state index contributed by atoms with van der Waals surface area (Å²) in [4.78, 5) is 31.8. The molecule has 1 aliphatic heterocycles. The Balaban J connectivity index is 2.02. The molecule has 1 aliphatic carbocycles. The highest BCUT2D eigenvalue weighted by Gasteiger charge is 2.35. The minimum absolute atomic E-state index is 0.250. The SMILES string of the molecule is NC(=O)C1=CC2=CC(Cc3ccncc3)(C(N)=O)C=CC2=NC1. The number of allylic oxidation sites excluding steroid dienone is 3. The van der Waals surface area contributed by atoms with Gasteiger partial charge in [-0.05, 0) is 41.8 Å². The Morgan fingerprint density at radius 1 is 1.22 bits per heavy atom. The number of hydrogen-bond donors (Lipinski definition) is 2. The maximum Gasteiger partial charge on any atom is 0.246 e. The molecule has 1 atom stereocenters. The first-order chi connectivity index (χ1) is 11.0. The van der Waals surface area contributed by atoms with Crippen molar-refractivity contribution in [2.24, 2.45) is 21.9 Å². The van der Waals surface area contributed by atoms with Crippen molar-refractivity contribution in [2.75, 3.05) is 6.54 Å². The Kier molecular flexibility index (Phi) is 3.65. The van der Waals surface area contributed by atoms with E-state index in [1.54, 1.807) is 36.7 Å². The van der Waals surface area contributed by atoms with Crippen LogP contribution in [0, 0.1) is 5.41 Å². The third-order valence-electron chi connectivity index (χ3n) is 4.02. The molecule has 2 aliphatic rings. The molecule has 0 saturated carbocycles. The van der Waals surface area contributed by atoms with Gasteiger partial charge in [0.15, 0.2) is 0 Å². The van der Waals surface area contributed by atoms with E-state index in [4.69, 9.17) is 11.5 Å². The highest BCUT2D eigenvalue weighted by Crippen LogP contribution is 2.33. The normalized spacial score (nSPS) is 22.5. The second-order valence-corrected chi connectivity index (χ2v) is 5.61. The Labute approximate surface area is 133 Å². The first-order valence-electron chi connectivity index (χ1n) is 7.16. The van der Waals surface area contributed by atoms with E-state index in [-0.39, 0.29) is 6.54 Å². The molecule has 0 aromatic carbocycles. The number of primary amides is 2. The monoisotopic (exact) mass is 308 g/mol. The molecule has 0 radical (unpaired) electrons. The minimum Gasteiger partial charge on any atom is -0.369 e. The van der Waals surface area contributed by atoms with Crippen LogP contribution in [0.1, 0.15) is 5.56 Å². The number of aromatic nitrogens is 1. The standard InChI is InChI=1S/C17H16N4O2/c18-15(22)13-7-12-9-17(16(19)23,4-1-14(12)21-10-13)8-11-2-5-20-6-3-11/h1-7,9H,8,10H2,(H2,18,22)(H2,19,23). The lowest BCUT2D eigenvalue weighted by Crippen LogP contribution is -2.38. The molecule has 0 bridgehead atoms. The van der Waals surface area contributed by atoms with Crippen molar-refractivity contribution in [1.29, 1.82) is 0 Å². The Hall–Kier alpha value is -3.02. The van der Waals surface area contributed by atoms with Crippen molar-refractivity contribution in [3.63, 3.8) is 0 Å². The number of amides is 2. The number of hydrogen-bond acceptors (Lipinski definition) is 4. The van der Waals surface area contributed by atoms with Crippen LogP contribution in [0.5, 0.6) is 0 Å². The van der Waals surface area contributed by atoms with Crippen LogP contribution < -0.4 is 11.5 Å². The minimum atomic E-state index is -0.966. The van der Waals surface area contributed by atoms with Crippen LogP contribution in [0.25, 0.3) is 0 Å². The summed E-state index contributed by atoms with van der Waals surface area (Å²) >= 11 is 0. The first kappa shape index (κ1) is 14.9. The number of carbonyl (C=O) groups is 2. The van der Waals surface area contributed by atoms with Crippen molar-refractivity contribution in [1.82, 2.24) is 4.98 Å². The quantitative estimate of drug-likeness (QED) is 0.842. The summed E-state index contributed by atoms with van der Waals surface area (Å²) in [7, 11) is 0. The zero-order valence-corrected chi connectivity index (χ0v) is 12.4. The van der Waals surface area contributed by atoms with Crippen LogP contribution >= 0.6 is 0 Å². The number of carbonyl (C=O) groups excluding carboxylic acids is 2. The lowest BCUT2D eigenvalue weighted by molar-refractivity contribution is -0.123. The maximum atomic E-state index is 12.1. The molecule has 6 heteroatoms. The van der Waals surface area contributed by atoms with E-state index in [2.05, 4.69) is 9.98 Å². The molecule has 116 valence electrons. The van der Waals surface area contributed by atoms with Crippen molar-refractivity contribution in [3.8, 4) is 0 Å². The summed E-state index contributed by atoms with van der Waals surface area (Å²) in [5.41, 5.74) is 12.8. The zero-order valence-electron chi connectivity index (χ0n) is 12.4. The summed E-state index contributed by atoms with van der Waals surface area (Å²) in [6.45, 7) is 0.250. The van der Waals surface area contributed by atoms with Gasteiger partial charge in [0.05, 0.1) is 17.7 Å². The second kappa shape index (κ2) is 5.64. The van der Waals surface area contributed by atoms with E-state index < -0.39 is 17.2 Å². The van der Waals surface area contributed by atoms with Crippen LogP contribution in [-0.2, 0) is 16.0 Å². The Morgan fingerprint density at radius 2 is 1.96 bits per heavy atom. The molecule has 1 aromatic rings. The van der Waals surface area contributed by atoms with Crippen molar-refractivity contribution in [2.45, 2.75) is 6.42 Å². The number of dihydropyridines is 1. The molecule has 2 heterocycles. The van der Waals surface area contributed by atoms with Gasteiger partial charge in [0.2, 0.25) is 11.8 Å². The van der Waals surface area contributed by atoms with Gasteiger partial charge in [-0.2, -0.15) is 0 Å². The average molecular weight is 308 g/mol. The van der Waals surface area contributed by atoms with Crippen LogP contribution in [0.2, 0.25) is 0 Å². The van der Waals surface area contributed by atoms with E-state index in [1.807, 2.05) is 12.1 Å². The van der Waals surface area contributed by atoms with Crippen LogP contribution in [-0.4, -0.2) is 29.1 Å². The van der Waals surface area contributed by atoms with E-state index in [0.29, 0.717) is 17.6 Å². The van der Waals surface area contributed by atoms with Gasteiger partial charge in [0, 0.05) is 18.0 Å². The van der Waals surface area contributed by atoms with Crippen LogP contribution in [0.4, 0.5) is 0 Å². The van der Waals surface area contributed by atoms with Crippen molar-refractivity contribution >= 4 is 17.5 Å². The summed E-state index contributed by atoms with van der Waals surface area (Å²) in [5, 5.41) is 0. The summed E-state index contributed by atoms with van der Waals surface area (Å²) < 4.78 is 0. The summed E-state index contributed by atoms with van der Waals surface area (Å²) in [6.07, 6.45) is 10.7. The Morgan fingerprint density at radius 3 is 2.61 bits per heavy atom. The van der Waals surface area contributed by atoms with Crippen LogP contribution in [0.15, 0.2) is 65.0 Å². The molecule has 0 spiro atoms. The number of pyridine rings is 1. The lowest BCUT2D eigenvalue weighted by Gasteiger charge is -2.29. The van der Waals surface area contributed by atoms with Gasteiger partial charge in [-0.15, -0.1) is 0 Å². The Bertz CT molecular complexity index is 790. The van der Waals surface area contributed by atoms with E-state index in [9.17, 15) is 9.59 Å². The molecule has 0 saturated heterocycles. The van der Waals surface area contributed by atoms with Crippen LogP contribution in [0.3, 0.4) is 0 Å². The average Bonchev–Trinajstić information content (AvgIpc) is 2.55. The zero-order chi connectivity index (χ0) is 16.4. The van der Waals surface area contributed by atoms with E-state index >= 15 is 0 Å². The predicted molar refractivity (Wildman–Crippen MR) is 86.4 cm³/mol. The lowest BCUT2D eigenvalue weighted by atomic mass is 9.75. The third-order valence-corrected chi connectivity index (χ3v) is 4.02. The number of aliphatic imine (C=N–C) groups is 1. The molecule has 23 heavy (non-hydrogen) atoms. The fourth-order valence-electron chi connectivity index (χ4n) is 2.72. The molecule has 2 amide bonds. The predicted octanol–water partition coefficient (Wildman–Crippen LogP) is 0.458. The van der Waals surface area contributed by atoms with Gasteiger partial charge in [-0.3, -0.25) is 19.6 Å². The molecule has 1 aromatic heterocycles. The summed E-state index contributed by atoms with van der Waals surface area (Å²) in [6, 6.07) is 3.68. The molecule has 4 N–H and O–H groups in total. The number of rotatable bonds is 4. The smallest absolute Gasteiger partial charge is 0.246 e. The van der Waals surface area contributed by atoms with Crippen molar-refractivity contribution < 1.29 is 9.59 Å². The first-order valence-corrected chi connectivity index (χ1v) is 7.16. The fourth-order valence-corrected chi connectivity index (χ4v) is 2.72. The summed E-state index contributed by atoms with van der Waals surface area (Å²) in [5.74, 6) is -0.973. The fraction of sp³-hybridized carbons (Fsp3) is 0.176. The van der Waals surface area contributed by atoms with Gasteiger partial charge in [-0.25, -0.2) is 0 Å². The van der Waals surface area contributed by atoms with Gasteiger partial charge < -0.3 is 11.5 Å². The molecular formula is C17H16N4O2. The highest BCUT2D eigenvalue weighted by molar-refractivity contribution is 6.15. The maximum absolute atomic E-state index is 12.1. The number of nitrogens with two attached hydrogens (primary N) is 2. The topological polar surface area (TPSA) is 111 Å². The molecule has 0 fully saturated rings. The van der Waals surface area contributed by atoms with Gasteiger partial charge in [0.25, 0.3) is 0 Å². The van der Waals surface area contributed by atoms with E-state index in [1.165, 1.54) is 0 Å². The second-order valence-electron chi connectivity index (χ2n) is 5.61. The molecule has 1 unspecified atom stereocenters. The molecular weight excluding hydrogens is 292 g/mol. The number of fused-ring (bicyclic) bond motifs is 1.